The standard InChI is InChI=1S/C13H18O4/c1-4-17-11-6-7-12(15-2)10(9-11)5-8-13(14)16-3/h6-7,9H,4-5,8H2,1-3H3. The van der Waals surface area contributed by atoms with Gasteiger partial charge in [-0.25, -0.2) is 0 Å². The molecule has 0 N–H and O–H groups in total. The number of methoxy groups -OCH3 is 2. The molecule has 0 atom stereocenters. The van der Waals surface area contributed by atoms with Gasteiger partial charge in [-0.3, -0.25) is 4.79 Å². The quantitative estimate of drug-likeness (QED) is 0.713. The molecule has 0 aliphatic rings. The largest absolute Gasteiger partial charge is 0.496 e. The molecule has 1 aromatic rings. The van der Waals surface area contributed by atoms with Crippen molar-refractivity contribution in [2.45, 2.75) is 19.8 Å². The Balaban J connectivity index is 2.78. The van der Waals surface area contributed by atoms with E-state index in [1.807, 2.05) is 25.1 Å². The zero-order chi connectivity index (χ0) is 12.7. The highest BCUT2D eigenvalue weighted by molar-refractivity contribution is 5.69. The number of carbonyl (C=O) groups is 1. The molecule has 0 saturated carbocycles. The molecule has 0 aromatic heterocycles. The van der Waals surface area contributed by atoms with E-state index < -0.39 is 0 Å². The fourth-order valence-electron chi connectivity index (χ4n) is 1.55. The molecule has 0 unspecified atom stereocenters. The lowest BCUT2D eigenvalue weighted by Gasteiger charge is -2.10. The number of hydrogen-bond acceptors (Lipinski definition) is 4. The van der Waals surface area contributed by atoms with Gasteiger partial charge in [0.05, 0.1) is 20.8 Å². The number of esters is 1. The summed E-state index contributed by atoms with van der Waals surface area (Å²) in [7, 11) is 2.99. The van der Waals surface area contributed by atoms with Gasteiger partial charge in [0.15, 0.2) is 0 Å². The predicted octanol–water partition coefficient (Wildman–Crippen LogP) is 2.20. The average molecular weight is 238 g/mol. The molecule has 1 rings (SSSR count). The normalized spacial score (nSPS) is 9.82. The Hall–Kier alpha value is -1.71. The van der Waals surface area contributed by atoms with Crippen LogP contribution in [0.3, 0.4) is 0 Å². The molecule has 1 aromatic carbocycles. The lowest BCUT2D eigenvalue weighted by atomic mass is 10.1. The molecule has 0 amide bonds. The summed E-state index contributed by atoms with van der Waals surface area (Å²) in [5, 5.41) is 0. The van der Waals surface area contributed by atoms with Crippen LogP contribution in [0.5, 0.6) is 11.5 Å². The summed E-state index contributed by atoms with van der Waals surface area (Å²) in [6.07, 6.45) is 0.916. The van der Waals surface area contributed by atoms with Gasteiger partial charge in [-0.2, -0.15) is 0 Å². The molecule has 0 saturated heterocycles. The van der Waals surface area contributed by atoms with Crippen LogP contribution in [0, 0.1) is 0 Å². The third-order valence-electron chi connectivity index (χ3n) is 2.39. The van der Waals surface area contributed by atoms with Crippen molar-refractivity contribution >= 4 is 5.97 Å². The summed E-state index contributed by atoms with van der Waals surface area (Å²) in [5.41, 5.74) is 0.948. The first-order chi connectivity index (χ1) is 8.21. The minimum atomic E-state index is -0.228. The second-order valence-electron chi connectivity index (χ2n) is 3.48. The number of carbonyl (C=O) groups excluding carboxylic acids is 1. The fourth-order valence-corrected chi connectivity index (χ4v) is 1.55. The van der Waals surface area contributed by atoms with Crippen LogP contribution in [0.4, 0.5) is 0 Å². The molecular formula is C13H18O4. The lowest BCUT2D eigenvalue weighted by Crippen LogP contribution is -2.03. The minimum Gasteiger partial charge on any atom is -0.496 e. The van der Waals surface area contributed by atoms with Crippen LogP contribution in [0.15, 0.2) is 18.2 Å². The molecular weight excluding hydrogens is 220 g/mol. The van der Waals surface area contributed by atoms with E-state index in [1.165, 1.54) is 7.11 Å². The smallest absolute Gasteiger partial charge is 0.305 e. The molecule has 0 spiro atoms. The Bertz CT molecular complexity index is 374. The van der Waals surface area contributed by atoms with Crippen LogP contribution in [0.1, 0.15) is 18.9 Å². The van der Waals surface area contributed by atoms with Gasteiger partial charge in [0.1, 0.15) is 11.5 Å². The van der Waals surface area contributed by atoms with Crippen LogP contribution in [-0.2, 0) is 16.0 Å². The summed E-state index contributed by atoms with van der Waals surface area (Å²) in [6, 6.07) is 5.59. The molecule has 0 heterocycles. The minimum absolute atomic E-state index is 0.228. The summed E-state index contributed by atoms with van der Waals surface area (Å²) < 4.78 is 15.3. The van der Waals surface area contributed by atoms with Gasteiger partial charge in [-0.15, -0.1) is 0 Å². The number of aryl methyl sites for hydroxylation is 1. The SMILES string of the molecule is CCOc1ccc(OC)c(CCC(=O)OC)c1. The highest BCUT2D eigenvalue weighted by atomic mass is 16.5. The van der Waals surface area contributed by atoms with Crippen molar-refractivity contribution in [1.29, 1.82) is 0 Å². The van der Waals surface area contributed by atoms with Crippen LogP contribution in [0.2, 0.25) is 0 Å². The zero-order valence-electron chi connectivity index (χ0n) is 10.5. The summed E-state index contributed by atoms with van der Waals surface area (Å²) in [6.45, 7) is 2.54. The maximum atomic E-state index is 11.1. The van der Waals surface area contributed by atoms with Gasteiger partial charge in [-0.1, -0.05) is 0 Å². The van der Waals surface area contributed by atoms with Gasteiger partial charge >= 0.3 is 5.97 Å². The summed E-state index contributed by atoms with van der Waals surface area (Å²) in [5.74, 6) is 1.32. The van der Waals surface area contributed by atoms with Gasteiger partial charge in [0, 0.05) is 6.42 Å². The van der Waals surface area contributed by atoms with E-state index >= 15 is 0 Å². The third kappa shape index (κ3) is 3.98. The Morgan fingerprint density at radius 2 is 2.06 bits per heavy atom. The third-order valence-corrected chi connectivity index (χ3v) is 2.39. The fraction of sp³-hybridized carbons (Fsp3) is 0.462. The highest BCUT2D eigenvalue weighted by Crippen LogP contribution is 2.25. The number of hydrogen-bond donors (Lipinski definition) is 0. The van der Waals surface area contributed by atoms with E-state index in [9.17, 15) is 4.79 Å². The Labute approximate surface area is 101 Å². The van der Waals surface area contributed by atoms with E-state index in [0.29, 0.717) is 19.4 Å². The van der Waals surface area contributed by atoms with E-state index in [-0.39, 0.29) is 5.97 Å². The van der Waals surface area contributed by atoms with Crippen LogP contribution in [0.25, 0.3) is 0 Å². The van der Waals surface area contributed by atoms with Crippen LogP contribution >= 0.6 is 0 Å². The number of ether oxygens (including phenoxy) is 3. The molecule has 94 valence electrons. The van der Waals surface area contributed by atoms with Crippen molar-refractivity contribution in [3.63, 3.8) is 0 Å². The molecule has 0 fully saturated rings. The Kier molecular flexibility index (Phi) is 5.33. The van der Waals surface area contributed by atoms with Crippen molar-refractivity contribution in [3.8, 4) is 11.5 Å². The molecule has 0 radical (unpaired) electrons. The van der Waals surface area contributed by atoms with Crippen molar-refractivity contribution in [2.75, 3.05) is 20.8 Å². The van der Waals surface area contributed by atoms with E-state index in [4.69, 9.17) is 9.47 Å². The highest BCUT2D eigenvalue weighted by Gasteiger charge is 2.08. The first-order valence-corrected chi connectivity index (χ1v) is 5.57. The molecule has 4 heteroatoms. The van der Waals surface area contributed by atoms with Crippen molar-refractivity contribution in [3.05, 3.63) is 23.8 Å². The monoisotopic (exact) mass is 238 g/mol. The molecule has 0 aliphatic carbocycles. The van der Waals surface area contributed by atoms with Gasteiger partial charge in [0.2, 0.25) is 0 Å². The molecule has 4 nitrogen and oxygen atoms in total. The second-order valence-corrected chi connectivity index (χ2v) is 3.48. The zero-order valence-corrected chi connectivity index (χ0v) is 10.5. The van der Waals surface area contributed by atoms with Gasteiger partial charge < -0.3 is 14.2 Å². The summed E-state index contributed by atoms with van der Waals surface area (Å²) >= 11 is 0. The maximum absolute atomic E-state index is 11.1. The van der Waals surface area contributed by atoms with E-state index in [2.05, 4.69) is 4.74 Å². The van der Waals surface area contributed by atoms with Gasteiger partial charge in [-0.05, 0) is 37.1 Å². The first kappa shape index (κ1) is 13.4. The second kappa shape index (κ2) is 6.78. The number of benzene rings is 1. The van der Waals surface area contributed by atoms with E-state index in [0.717, 1.165) is 17.1 Å². The predicted molar refractivity (Wildman–Crippen MR) is 64.5 cm³/mol. The number of rotatable bonds is 6. The van der Waals surface area contributed by atoms with Crippen molar-refractivity contribution < 1.29 is 19.0 Å². The Morgan fingerprint density at radius 3 is 2.65 bits per heavy atom. The van der Waals surface area contributed by atoms with Gasteiger partial charge in [0.25, 0.3) is 0 Å². The summed E-state index contributed by atoms with van der Waals surface area (Å²) in [4.78, 5) is 11.1. The maximum Gasteiger partial charge on any atom is 0.305 e. The van der Waals surface area contributed by atoms with E-state index in [1.54, 1.807) is 7.11 Å². The van der Waals surface area contributed by atoms with Crippen molar-refractivity contribution in [2.24, 2.45) is 0 Å². The van der Waals surface area contributed by atoms with Crippen LogP contribution in [-0.4, -0.2) is 26.8 Å². The molecule has 0 bridgehead atoms. The Morgan fingerprint density at radius 1 is 1.29 bits per heavy atom. The van der Waals surface area contributed by atoms with Crippen LogP contribution < -0.4 is 9.47 Å². The molecule has 17 heavy (non-hydrogen) atoms. The molecule has 0 aliphatic heterocycles. The first-order valence-electron chi connectivity index (χ1n) is 5.57. The van der Waals surface area contributed by atoms with Crippen molar-refractivity contribution in [1.82, 2.24) is 0 Å². The topological polar surface area (TPSA) is 44.8 Å². The lowest BCUT2D eigenvalue weighted by molar-refractivity contribution is -0.140. The average Bonchev–Trinajstić information content (AvgIpc) is 2.36.